The summed E-state index contributed by atoms with van der Waals surface area (Å²) in [5, 5.41) is 0.148. The van der Waals surface area contributed by atoms with Crippen molar-refractivity contribution < 1.29 is 37.5 Å². The van der Waals surface area contributed by atoms with Crippen molar-refractivity contribution in [3.8, 4) is 17.2 Å². The molecule has 1 unspecified atom stereocenters. The highest BCUT2D eigenvalue weighted by Crippen LogP contribution is 2.51. The number of ether oxygens (including phenoxy) is 4. The molecule has 6 aromatic rings. The van der Waals surface area contributed by atoms with Crippen molar-refractivity contribution in [2.75, 3.05) is 46.2 Å². The van der Waals surface area contributed by atoms with Gasteiger partial charge in [-0.15, -0.1) is 0 Å². The Balaban J connectivity index is 0.000000768. The van der Waals surface area contributed by atoms with Gasteiger partial charge in [-0.2, -0.15) is 0 Å². The van der Waals surface area contributed by atoms with E-state index in [0.717, 1.165) is 16.7 Å². The second kappa shape index (κ2) is 19.8. The summed E-state index contributed by atoms with van der Waals surface area (Å²) in [5.74, 6) is 1.54. The molecule has 3 N–H and O–H groups in total. The number of phosphoric ester groups is 1. The molecular weight excluding hydrogens is 795 g/mol. The number of imidazole rings is 1. The zero-order valence-electron chi connectivity index (χ0n) is 33.7. The smallest absolute Gasteiger partial charge is 0.497 e. The molecule has 14 nitrogen and oxygen atoms in total. The number of phosphoric acid groups is 1. The monoisotopic (exact) mass is 844 g/mol. The van der Waals surface area contributed by atoms with Gasteiger partial charge in [0.1, 0.15) is 53.1 Å². The maximum Gasteiger partial charge on any atom is 0.527 e. The predicted molar refractivity (Wildman–Crippen MR) is 227 cm³/mol. The average Bonchev–Trinajstić information content (AvgIpc) is 3.88. The molecule has 0 amide bonds. The Morgan fingerprint density at radius 2 is 1.42 bits per heavy atom. The fourth-order valence-electron chi connectivity index (χ4n) is 7.00. The number of fused-ring (bicyclic) bond motifs is 1. The minimum atomic E-state index is -4.76. The standard InChI is InChI=1S/C37H35ClN5O8P.C6H15N/c1-46-27-16-12-25(13-17-27)37(24-8-4-3-5-9-24,26-14-18-28(47-2)19-15-26)48-21-32-31(51-52(44,45)50-30-11-7-6-10-29(30)38)20-33(49-32)43-23-42-34-35(39)40-22-41-36(34)43;1-4-7(5-2)6-3/h3-19,22-23,31-33H,20-21H2,1-2H3,(H,44,45)(H2,39,40,41);4-6H2,1-3H3/t31-,32+,33+;/m0./s1. The van der Waals surface area contributed by atoms with Crippen LogP contribution in [0.25, 0.3) is 11.2 Å². The van der Waals surface area contributed by atoms with E-state index in [1.807, 2.05) is 78.9 Å². The van der Waals surface area contributed by atoms with Crippen molar-refractivity contribution in [2.24, 2.45) is 0 Å². The minimum Gasteiger partial charge on any atom is -0.497 e. The predicted octanol–water partition coefficient (Wildman–Crippen LogP) is 8.29. The molecule has 4 aromatic carbocycles. The van der Waals surface area contributed by atoms with E-state index in [4.69, 9.17) is 45.3 Å². The van der Waals surface area contributed by atoms with Crippen LogP contribution < -0.4 is 19.7 Å². The number of hydrogen-bond donors (Lipinski definition) is 2. The van der Waals surface area contributed by atoms with Gasteiger partial charge in [0.25, 0.3) is 0 Å². The molecule has 0 aliphatic carbocycles. The maximum absolute atomic E-state index is 13.5. The highest BCUT2D eigenvalue weighted by atomic mass is 35.5. The van der Waals surface area contributed by atoms with Crippen LogP contribution in [0.1, 0.15) is 50.1 Å². The van der Waals surface area contributed by atoms with E-state index in [0.29, 0.717) is 22.7 Å². The summed E-state index contributed by atoms with van der Waals surface area (Å²) in [6.07, 6.45) is 0.297. The summed E-state index contributed by atoms with van der Waals surface area (Å²) in [6.45, 7) is 10.0. The molecule has 16 heteroatoms. The first-order chi connectivity index (χ1) is 28.5. The van der Waals surface area contributed by atoms with Crippen LogP contribution >= 0.6 is 19.4 Å². The van der Waals surface area contributed by atoms with Crippen molar-refractivity contribution in [1.29, 1.82) is 0 Å². The Kier molecular flexibility index (Phi) is 14.6. The van der Waals surface area contributed by atoms with Gasteiger partial charge in [0, 0.05) is 6.42 Å². The van der Waals surface area contributed by atoms with Crippen LogP contribution in [0.3, 0.4) is 0 Å². The molecular formula is C43H50ClN6O8P. The van der Waals surface area contributed by atoms with E-state index in [-0.39, 0.29) is 29.6 Å². The van der Waals surface area contributed by atoms with E-state index >= 15 is 0 Å². The van der Waals surface area contributed by atoms with Gasteiger partial charge in [-0.3, -0.25) is 14.0 Å². The Labute approximate surface area is 349 Å². The van der Waals surface area contributed by atoms with Gasteiger partial charge in [0.2, 0.25) is 0 Å². The van der Waals surface area contributed by atoms with E-state index in [1.54, 1.807) is 37.0 Å². The molecule has 0 bridgehead atoms. The van der Waals surface area contributed by atoms with E-state index in [9.17, 15) is 9.46 Å². The Morgan fingerprint density at radius 3 is 1.98 bits per heavy atom. The van der Waals surface area contributed by atoms with Crippen molar-refractivity contribution in [1.82, 2.24) is 24.4 Å². The Hall–Kier alpha value is -5.05. The zero-order chi connectivity index (χ0) is 42.0. The van der Waals surface area contributed by atoms with Crippen LogP contribution in [-0.2, 0) is 24.2 Å². The lowest BCUT2D eigenvalue weighted by Crippen LogP contribution is -2.38. The quantitative estimate of drug-likeness (QED) is 0.0707. The highest BCUT2D eigenvalue weighted by molar-refractivity contribution is 7.47. The van der Waals surface area contributed by atoms with Crippen LogP contribution in [0.15, 0.2) is 116 Å². The van der Waals surface area contributed by atoms with Crippen LogP contribution in [-0.4, -0.2) is 82.0 Å². The molecule has 0 spiro atoms. The van der Waals surface area contributed by atoms with Crippen molar-refractivity contribution in [3.63, 3.8) is 0 Å². The second-order valence-electron chi connectivity index (χ2n) is 13.5. The molecule has 3 heterocycles. The molecule has 7 rings (SSSR count). The van der Waals surface area contributed by atoms with Gasteiger partial charge in [-0.1, -0.05) is 99.1 Å². The Bertz CT molecular complexity index is 2240. The number of anilines is 1. The third-order valence-electron chi connectivity index (χ3n) is 10.2. The molecule has 1 fully saturated rings. The minimum absolute atomic E-state index is 0.00634. The third-order valence-corrected chi connectivity index (χ3v) is 11.5. The van der Waals surface area contributed by atoms with Crippen molar-refractivity contribution in [2.45, 2.75) is 51.2 Å². The number of hydrogen-bond acceptors (Lipinski definition) is 12. The first-order valence-electron chi connectivity index (χ1n) is 19.3. The van der Waals surface area contributed by atoms with E-state index < -0.39 is 31.9 Å². The van der Waals surface area contributed by atoms with Gasteiger partial charge in [-0.25, -0.2) is 19.5 Å². The number of halogens is 1. The highest BCUT2D eigenvalue weighted by Gasteiger charge is 2.46. The summed E-state index contributed by atoms with van der Waals surface area (Å²) < 4.78 is 51.1. The molecule has 312 valence electrons. The number of nitrogens with zero attached hydrogens (tertiary/aromatic N) is 5. The largest absolute Gasteiger partial charge is 0.527 e. The van der Waals surface area contributed by atoms with Gasteiger partial charge in [-0.05, 0) is 72.7 Å². The number of nitrogens with two attached hydrogens (primary N) is 1. The number of aromatic nitrogens is 4. The fraction of sp³-hybridized carbons (Fsp3) is 0.326. The molecule has 2 aromatic heterocycles. The first-order valence-corrected chi connectivity index (χ1v) is 21.2. The van der Waals surface area contributed by atoms with Crippen LogP contribution in [0.4, 0.5) is 5.82 Å². The summed E-state index contributed by atoms with van der Waals surface area (Å²) in [7, 11) is -1.55. The average molecular weight is 845 g/mol. The molecule has 1 aliphatic heterocycles. The molecule has 0 radical (unpaired) electrons. The van der Waals surface area contributed by atoms with E-state index in [1.165, 1.54) is 38.4 Å². The fourth-order valence-corrected chi connectivity index (χ4v) is 8.24. The summed E-state index contributed by atoms with van der Waals surface area (Å²) >= 11 is 6.24. The topological polar surface area (TPSA) is 166 Å². The number of para-hydroxylation sites is 1. The maximum atomic E-state index is 13.5. The number of methoxy groups -OCH3 is 2. The van der Waals surface area contributed by atoms with Gasteiger partial charge < -0.3 is 34.1 Å². The van der Waals surface area contributed by atoms with Crippen molar-refractivity contribution >= 4 is 36.4 Å². The van der Waals surface area contributed by atoms with E-state index in [2.05, 4.69) is 40.6 Å². The lowest BCUT2D eigenvalue weighted by Gasteiger charge is -2.37. The number of benzene rings is 4. The van der Waals surface area contributed by atoms with Gasteiger partial charge in [0.15, 0.2) is 11.5 Å². The zero-order valence-corrected chi connectivity index (χ0v) is 35.3. The van der Waals surface area contributed by atoms with Gasteiger partial charge >= 0.3 is 7.82 Å². The molecule has 59 heavy (non-hydrogen) atoms. The first kappa shape index (κ1) is 43.5. The van der Waals surface area contributed by atoms with Crippen LogP contribution in [0, 0.1) is 0 Å². The van der Waals surface area contributed by atoms with Crippen LogP contribution in [0.2, 0.25) is 5.02 Å². The second-order valence-corrected chi connectivity index (χ2v) is 15.3. The Morgan fingerprint density at radius 1 is 0.847 bits per heavy atom. The number of rotatable bonds is 16. The summed E-state index contributed by atoms with van der Waals surface area (Å²) in [5.41, 5.74) is 8.08. The molecule has 1 saturated heterocycles. The normalized spacial score (nSPS) is 17.6. The SMILES string of the molecule is CCN(CC)CC.COc1ccc(C(OC[C@H]2O[C@@H](n3cnc4c(N)ncnc43)C[C@@H]2OP(=O)(O)Oc2ccccc2Cl)(c2ccccc2)c2ccc(OC)cc2)cc1. The van der Waals surface area contributed by atoms with Gasteiger partial charge in [0.05, 0.1) is 32.2 Å². The third kappa shape index (κ3) is 10.0. The number of nitrogen functional groups attached to an aromatic ring is 1. The summed E-state index contributed by atoms with van der Waals surface area (Å²) in [6, 6.07) is 31.2. The lowest BCUT2D eigenvalue weighted by atomic mass is 9.80. The lowest BCUT2D eigenvalue weighted by molar-refractivity contribution is -0.0919. The molecule has 1 aliphatic rings. The summed E-state index contributed by atoms with van der Waals surface area (Å²) in [4.78, 5) is 26.2. The van der Waals surface area contributed by atoms with Crippen LogP contribution in [0.5, 0.6) is 17.2 Å². The molecule has 0 saturated carbocycles. The molecule has 4 atom stereocenters. The van der Waals surface area contributed by atoms with Crippen molar-refractivity contribution in [3.05, 3.63) is 137 Å².